The van der Waals surface area contributed by atoms with Crippen LogP contribution in [0.15, 0.2) is 40.2 Å². The largest absolute Gasteiger partial charge is 0.279 e. The van der Waals surface area contributed by atoms with Crippen molar-refractivity contribution in [2.45, 2.75) is 6.42 Å². The predicted octanol–water partition coefficient (Wildman–Crippen LogP) is 3.17. The maximum absolute atomic E-state index is 11.7. The first-order chi connectivity index (χ1) is 9.54. The van der Waals surface area contributed by atoms with Gasteiger partial charge in [-0.1, -0.05) is 23.7 Å². The Morgan fingerprint density at radius 3 is 2.40 bits per heavy atom. The number of carbonyl (C=O) groups excluding carboxylic acids is 2. The Kier molecular flexibility index (Phi) is 5.17. The Hall–Kier alpha value is -1.37. The van der Waals surface area contributed by atoms with Crippen molar-refractivity contribution in [1.29, 1.82) is 0 Å². The lowest BCUT2D eigenvalue weighted by Gasteiger charge is -2.06. The van der Waals surface area contributed by atoms with E-state index < -0.39 is 0 Å². The minimum absolute atomic E-state index is 0.172. The van der Waals surface area contributed by atoms with Gasteiger partial charge in [-0.15, -0.1) is 11.3 Å². The van der Waals surface area contributed by atoms with Crippen LogP contribution < -0.4 is 10.9 Å². The van der Waals surface area contributed by atoms with Crippen LogP contribution >= 0.6 is 38.9 Å². The Bertz CT molecular complexity index is 628. The van der Waals surface area contributed by atoms with Crippen LogP contribution in [-0.2, 0) is 11.2 Å². The molecule has 1 aromatic heterocycles. The third-order valence-corrected chi connectivity index (χ3v) is 4.26. The lowest BCUT2D eigenvalue weighted by molar-refractivity contribution is -0.121. The molecule has 2 N–H and O–H groups in total. The average Bonchev–Trinajstić information content (AvgIpc) is 2.85. The number of halogens is 2. The van der Waals surface area contributed by atoms with Gasteiger partial charge < -0.3 is 0 Å². The molecule has 0 radical (unpaired) electrons. The molecule has 2 rings (SSSR count). The number of rotatable bonds is 3. The number of amides is 2. The predicted molar refractivity (Wildman–Crippen MR) is 82.8 cm³/mol. The fourth-order valence-electron chi connectivity index (χ4n) is 1.46. The van der Waals surface area contributed by atoms with Crippen LogP contribution in [0, 0.1) is 0 Å². The van der Waals surface area contributed by atoms with E-state index in [-0.39, 0.29) is 18.2 Å². The highest BCUT2D eigenvalue weighted by Crippen LogP contribution is 2.21. The number of benzene rings is 1. The molecular weight excluding hydrogens is 364 g/mol. The molecule has 1 heterocycles. The summed E-state index contributed by atoms with van der Waals surface area (Å²) in [4.78, 5) is 23.9. The van der Waals surface area contributed by atoms with Gasteiger partial charge in [-0.05, 0) is 45.8 Å². The lowest BCUT2D eigenvalue weighted by atomic mass is 10.1. The molecule has 0 aliphatic rings. The normalized spacial score (nSPS) is 10.1. The van der Waals surface area contributed by atoms with Crippen molar-refractivity contribution in [2.24, 2.45) is 0 Å². The SMILES string of the molecule is O=C(Cc1ccc(Cl)cc1)NNC(=O)c1ccc(Br)s1. The molecule has 0 unspecified atom stereocenters. The zero-order valence-electron chi connectivity index (χ0n) is 10.2. The van der Waals surface area contributed by atoms with E-state index in [1.807, 2.05) is 0 Å². The van der Waals surface area contributed by atoms with Crippen LogP contribution in [0.5, 0.6) is 0 Å². The summed E-state index contributed by atoms with van der Waals surface area (Å²) < 4.78 is 0.857. The molecule has 4 nitrogen and oxygen atoms in total. The minimum atomic E-state index is -0.342. The maximum Gasteiger partial charge on any atom is 0.279 e. The van der Waals surface area contributed by atoms with E-state index in [2.05, 4.69) is 26.8 Å². The van der Waals surface area contributed by atoms with Crippen LogP contribution in [-0.4, -0.2) is 11.8 Å². The Morgan fingerprint density at radius 2 is 1.80 bits per heavy atom. The van der Waals surface area contributed by atoms with Crippen LogP contribution in [0.3, 0.4) is 0 Å². The molecule has 2 amide bonds. The van der Waals surface area contributed by atoms with E-state index in [0.29, 0.717) is 9.90 Å². The van der Waals surface area contributed by atoms with Crippen LogP contribution in [0.1, 0.15) is 15.2 Å². The second kappa shape index (κ2) is 6.88. The first-order valence-electron chi connectivity index (χ1n) is 5.63. The quantitative estimate of drug-likeness (QED) is 0.812. The van der Waals surface area contributed by atoms with Gasteiger partial charge in [0.25, 0.3) is 5.91 Å². The van der Waals surface area contributed by atoms with E-state index in [1.54, 1.807) is 36.4 Å². The summed E-state index contributed by atoms with van der Waals surface area (Å²) in [6.07, 6.45) is 0.172. The maximum atomic E-state index is 11.7. The van der Waals surface area contributed by atoms with Gasteiger partial charge >= 0.3 is 0 Å². The first kappa shape index (κ1) is 15.0. The van der Waals surface area contributed by atoms with Crippen molar-refractivity contribution in [3.63, 3.8) is 0 Å². The summed E-state index contributed by atoms with van der Waals surface area (Å²) in [7, 11) is 0. The van der Waals surface area contributed by atoms with Crippen molar-refractivity contribution in [3.8, 4) is 0 Å². The van der Waals surface area contributed by atoms with E-state index in [1.165, 1.54) is 11.3 Å². The standard InChI is InChI=1S/C13H10BrClN2O2S/c14-11-6-5-10(20-11)13(19)17-16-12(18)7-8-1-3-9(15)4-2-8/h1-6H,7H2,(H,16,18)(H,17,19). The number of hydrazine groups is 1. The van der Waals surface area contributed by atoms with Gasteiger partial charge in [0, 0.05) is 5.02 Å². The zero-order valence-corrected chi connectivity index (χ0v) is 13.3. The number of thiophene rings is 1. The average molecular weight is 374 g/mol. The summed E-state index contributed by atoms with van der Waals surface area (Å²) in [5.74, 6) is -0.638. The van der Waals surface area contributed by atoms with Gasteiger partial charge in [0.15, 0.2) is 0 Å². The first-order valence-corrected chi connectivity index (χ1v) is 7.62. The third kappa shape index (κ3) is 4.33. The molecule has 7 heteroatoms. The van der Waals surface area contributed by atoms with Gasteiger partial charge in [-0.3, -0.25) is 20.4 Å². The monoisotopic (exact) mass is 372 g/mol. The summed E-state index contributed by atoms with van der Waals surface area (Å²) in [5, 5.41) is 0.616. The molecule has 0 atom stereocenters. The molecule has 0 saturated heterocycles. The van der Waals surface area contributed by atoms with Crippen molar-refractivity contribution >= 4 is 50.7 Å². The number of nitrogens with one attached hydrogen (secondary N) is 2. The van der Waals surface area contributed by atoms with Gasteiger partial charge in [-0.25, -0.2) is 0 Å². The van der Waals surface area contributed by atoms with Crippen LogP contribution in [0.25, 0.3) is 0 Å². The van der Waals surface area contributed by atoms with E-state index >= 15 is 0 Å². The Morgan fingerprint density at radius 1 is 1.10 bits per heavy atom. The molecule has 20 heavy (non-hydrogen) atoms. The van der Waals surface area contributed by atoms with E-state index in [0.717, 1.165) is 9.35 Å². The number of hydrogen-bond acceptors (Lipinski definition) is 3. The molecule has 0 saturated carbocycles. The third-order valence-electron chi connectivity index (χ3n) is 2.39. The highest BCUT2D eigenvalue weighted by Gasteiger charge is 2.10. The van der Waals surface area contributed by atoms with Crippen molar-refractivity contribution in [3.05, 3.63) is 55.6 Å². The van der Waals surface area contributed by atoms with E-state index in [4.69, 9.17) is 11.6 Å². The fourth-order valence-corrected chi connectivity index (χ4v) is 2.86. The smallest absolute Gasteiger partial charge is 0.273 e. The summed E-state index contributed by atoms with van der Waals surface area (Å²) in [6, 6.07) is 10.4. The topological polar surface area (TPSA) is 58.2 Å². The van der Waals surface area contributed by atoms with Crippen LogP contribution in [0.4, 0.5) is 0 Å². The molecule has 1 aromatic carbocycles. The van der Waals surface area contributed by atoms with Gasteiger partial charge in [-0.2, -0.15) is 0 Å². The highest BCUT2D eigenvalue weighted by molar-refractivity contribution is 9.11. The van der Waals surface area contributed by atoms with Crippen molar-refractivity contribution < 1.29 is 9.59 Å². The second-order valence-corrected chi connectivity index (χ2v) is 6.81. The Labute approximate surface area is 133 Å². The zero-order chi connectivity index (χ0) is 14.5. The fraction of sp³-hybridized carbons (Fsp3) is 0.0769. The van der Waals surface area contributed by atoms with Gasteiger partial charge in [0.2, 0.25) is 5.91 Å². The van der Waals surface area contributed by atoms with Crippen molar-refractivity contribution in [1.82, 2.24) is 10.9 Å². The second-order valence-electron chi connectivity index (χ2n) is 3.91. The van der Waals surface area contributed by atoms with Crippen LogP contribution in [0.2, 0.25) is 5.02 Å². The molecule has 0 bridgehead atoms. The minimum Gasteiger partial charge on any atom is -0.273 e. The lowest BCUT2D eigenvalue weighted by Crippen LogP contribution is -2.42. The summed E-state index contributed by atoms with van der Waals surface area (Å²) in [5.41, 5.74) is 5.56. The molecule has 0 fully saturated rings. The number of hydrogen-bond donors (Lipinski definition) is 2. The van der Waals surface area contributed by atoms with Gasteiger partial charge in [0.1, 0.15) is 0 Å². The molecule has 0 aliphatic heterocycles. The van der Waals surface area contributed by atoms with Gasteiger partial charge in [0.05, 0.1) is 15.1 Å². The molecule has 0 spiro atoms. The Balaban J connectivity index is 1.83. The summed E-state index contributed by atoms with van der Waals surface area (Å²) in [6.45, 7) is 0. The molecule has 0 aliphatic carbocycles. The molecular formula is C13H10BrClN2O2S. The number of carbonyl (C=O) groups is 2. The highest BCUT2D eigenvalue weighted by atomic mass is 79.9. The van der Waals surface area contributed by atoms with E-state index in [9.17, 15) is 9.59 Å². The molecule has 2 aromatic rings. The summed E-state index contributed by atoms with van der Waals surface area (Å²) >= 11 is 10.3. The molecule has 104 valence electrons. The van der Waals surface area contributed by atoms with Crippen molar-refractivity contribution in [2.75, 3.05) is 0 Å².